The number of nitrogens with zero attached hydrogens (tertiary/aromatic N) is 2. The molecule has 3 heteroatoms. The van der Waals surface area contributed by atoms with Gasteiger partial charge in [0.1, 0.15) is 5.82 Å². The molecule has 1 aliphatic carbocycles. The lowest BCUT2D eigenvalue weighted by molar-refractivity contribution is 0.610. The van der Waals surface area contributed by atoms with Gasteiger partial charge in [-0.1, -0.05) is 0 Å². The van der Waals surface area contributed by atoms with Crippen molar-refractivity contribution in [3.8, 4) is 0 Å². The Bertz CT molecular complexity index is 291. The first-order valence-electron chi connectivity index (χ1n) is 4.88. The van der Waals surface area contributed by atoms with Crippen LogP contribution in [0.5, 0.6) is 0 Å². The van der Waals surface area contributed by atoms with E-state index in [2.05, 4.69) is 42.1 Å². The smallest absolute Gasteiger partial charge is 0.148 e. The first-order valence-corrected chi connectivity index (χ1v) is 4.88. The highest BCUT2D eigenvalue weighted by molar-refractivity contribution is 5.35. The quantitative estimate of drug-likeness (QED) is 0.755. The van der Waals surface area contributed by atoms with E-state index in [1.54, 1.807) is 0 Å². The molecular weight excluding hydrogens is 162 g/mol. The van der Waals surface area contributed by atoms with Crippen molar-refractivity contribution in [1.29, 1.82) is 0 Å². The lowest BCUT2D eigenvalue weighted by atomic mass is 10.1. The van der Waals surface area contributed by atoms with Crippen molar-refractivity contribution < 1.29 is 0 Å². The summed E-state index contributed by atoms with van der Waals surface area (Å²) in [4.78, 5) is 0. The maximum Gasteiger partial charge on any atom is 0.148 e. The van der Waals surface area contributed by atoms with Gasteiger partial charge in [-0.3, -0.25) is 4.68 Å². The van der Waals surface area contributed by atoms with E-state index in [-0.39, 0.29) is 5.54 Å². The Labute approximate surface area is 79.1 Å². The summed E-state index contributed by atoms with van der Waals surface area (Å²) in [5, 5.41) is 7.82. The molecule has 0 aliphatic heterocycles. The van der Waals surface area contributed by atoms with E-state index in [1.165, 1.54) is 12.8 Å². The third-order valence-corrected chi connectivity index (χ3v) is 2.03. The van der Waals surface area contributed by atoms with Crippen LogP contribution in [0, 0.1) is 0 Å². The molecule has 0 radical (unpaired) electrons. The minimum absolute atomic E-state index is 0.0999. The molecule has 0 saturated heterocycles. The van der Waals surface area contributed by atoms with Crippen LogP contribution < -0.4 is 5.32 Å². The van der Waals surface area contributed by atoms with Crippen LogP contribution in [-0.4, -0.2) is 15.3 Å². The van der Waals surface area contributed by atoms with Crippen molar-refractivity contribution in [3.05, 3.63) is 12.3 Å². The molecule has 1 fully saturated rings. The van der Waals surface area contributed by atoms with E-state index < -0.39 is 0 Å². The lowest BCUT2D eigenvalue weighted by Gasteiger charge is -2.19. The van der Waals surface area contributed by atoms with E-state index in [1.807, 2.05) is 6.07 Å². The van der Waals surface area contributed by atoms with Crippen LogP contribution in [0.15, 0.2) is 12.3 Å². The zero-order valence-corrected chi connectivity index (χ0v) is 8.54. The first-order chi connectivity index (χ1) is 6.04. The molecule has 2 rings (SSSR count). The molecule has 0 atom stereocenters. The van der Waals surface area contributed by atoms with Crippen LogP contribution in [0.4, 0.5) is 5.82 Å². The summed E-state index contributed by atoms with van der Waals surface area (Å²) in [6.07, 6.45) is 4.64. The van der Waals surface area contributed by atoms with Gasteiger partial charge in [-0.2, -0.15) is 5.10 Å². The molecule has 1 aromatic heterocycles. The fourth-order valence-corrected chi connectivity index (χ4v) is 1.33. The number of hydrogen-bond acceptors (Lipinski definition) is 2. The maximum atomic E-state index is 4.46. The average Bonchev–Trinajstić information content (AvgIpc) is 2.72. The first kappa shape index (κ1) is 8.60. The summed E-state index contributed by atoms with van der Waals surface area (Å²) < 4.78 is 2.06. The average molecular weight is 179 g/mol. The Morgan fingerprint density at radius 1 is 1.46 bits per heavy atom. The predicted molar refractivity (Wildman–Crippen MR) is 53.9 cm³/mol. The SMILES string of the molecule is CC(C)(C)Nc1ccn(C2CC2)n1. The molecule has 72 valence electrons. The predicted octanol–water partition coefficient (Wildman–Crippen LogP) is 2.43. The van der Waals surface area contributed by atoms with Crippen LogP contribution >= 0.6 is 0 Å². The molecular formula is C10H17N3. The van der Waals surface area contributed by atoms with Crippen LogP contribution in [0.2, 0.25) is 0 Å². The summed E-state index contributed by atoms with van der Waals surface area (Å²) in [6, 6.07) is 2.72. The molecule has 1 aromatic rings. The number of nitrogens with one attached hydrogen (secondary N) is 1. The standard InChI is InChI=1S/C10H17N3/c1-10(2,3)11-9-6-7-13(12-9)8-4-5-8/h6-8H,4-5H2,1-3H3,(H,11,12). The summed E-state index contributed by atoms with van der Waals surface area (Å²) in [7, 11) is 0. The number of anilines is 1. The second-order valence-electron chi connectivity index (χ2n) is 4.79. The van der Waals surface area contributed by atoms with Gasteiger partial charge in [0.05, 0.1) is 6.04 Å². The third kappa shape index (κ3) is 2.23. The Balaban J connectivity index is 2.04. The Morgan fingerprint density at radius 2 is 2.15 bits per heavy atom. The molecule has 13 heavy (non-hydrogen) atoms. The van der Waals surface area contributed by atoms with E-state index >= 15 is 0 Å². The zero-order valence-electron chi connectivity index (χ0n) is 8.54. The fraction of sp³-hybridized carbons (Fsp3) is 0.700. The van der Waals surface area contributed by atoms with Gasteiger partial charge in [-0.15, -0.1) is 0 Å². The Morgan fingerprint density at radius 3 is 2.69 bits per heavy atom. The van der Waals surface area contributed by atoms with Gasteiger partial charge in [-0.05, 0) is 33.6 Å². The Kier molecular flexibility index (Phi) is 1.82. The lowest BCUT2D eigenvalue weighted by Crippen LogP contribution is -2.26. The van der Waals surface area contributed by atoms with Crippen LogP contribution in [-0.2, 0) is 0 Å². The van der Waals surface area contributed by atoms with Gasteiger partial charge < -0.3 is 5.32 Å². The van der Waals surface area contributed by atoms with Crippen molar-refractivity contribution in [2.24, 2.45) is 0 Å². The van der Waals surface area contributed by atoms with Crippen molar-refractivity contribution in [2.75, 3.05) is 5.32 Å². The molecule has 0 bridgehead atoms. The maximum absolute atomic E-state index is 4.46. The van der Waals surface area contributed by atoms with E-state index in [4.69, 9.17) is 0 Å². The van der Waals surface area contributed by atoms with Crippen molar-refractivity contribution in [3.63, 3.8) is 0 Å². The monoisotopic (exact) mass is 179 g/mol. The van der Waals surface area contributed by atoms with Crippen molar-refractivity contribution in [1.82, 2.24) is 9.78 Å². The van der Waals surface area contributed by atoms with Crippen molar-refractivity contribution in [2.45, 2.75) is 45.2 Å². The second kappa shape index (κ2) is 2.76. The summed E-state index contributed by atoms with van der Waals surface area (Å²) >= 11 is 0. The minimum Gasteiger partial charge on any atom is -0.364 e. The largest absolute Gasteiger partial charge is 0.364 e. The number of aromatic nitrogens is 2. The summed E-state index contributed by atoms with van der Waals surface area (Å²) in [5.74, 6) is 0.986. The molecule has 3 nitrogen and oxygen atoms in total. The topological polar surface area (TPSA) is 29.9 Å². The van der Waals surface area contributed by atoms with Gasteiger partial charge in [0.15, 0.2) is 0 Å². The molecule has 1 heterocycles. The zero-order chi connectivity index (χ0) is 9.47. The van der Waals surface area contributed by atoms with Crippen LogP contribution in [0.3, 0.4) is 0 Å². The van der Waals surface area contributed by atoms with Crippen LogP contribution in [0.1, 0.15) is 39.7 Å². The van der Waals surface area contributed by atoms with Gasteiger partial charge in [-0.25, -0.2) is 0 Å². The van der Waals surface area contributed by atoms with Gasteiger partial charge in [0, 0.05) is 17.8 Å². The molecule has 0 aromatic carbocycles. The minimum atomic E-state index is 0.0999. The number of hydrogen-bond donors (Lipinski definition) is 1. The summed E-state index contributed by atoms with van der Waals surface area (Å²) in [5.41, 5.74) is 0.0999. The van der Waals surface area contributed by atoms with Gasteiger partial charge in [0.25, 0.3) is 0 Å². The second-order valence-corrected chi connectivity index (χ2v) is 4.79. The molecule has 0 amide bonds. The van der Waals surface area contributed by atoms with Crippen LogP contribution in [0.25, 0.3) is 0 Å². The van der Waals surface area contributed by atoms with Gasteiger partial charge in [0.2, 0.25) is 0 Å². The molecule has 1 N–H and O–H groups in total. The van der Waals surface area contributed by atoms with Gasteiger partial charge >= 0.3 is 0 Å². The molecule has 1 saturated carbocycles. The summed E-state index contributed by atoms with van der Waals surface area (Å²) in [6.45, 7) is 6.43. The Hall–Kier alpha value is -0.990. The van der Waals surface area contributed by atoms with E-state index in [0.29, 0.717) is 6.04 Å². The van der Waals surface area contributed by atoms with Crippen molar-refractivity contribution >= 4 is 5.82 Å². The highest BCUT2D eigenvalue weighted by atomic mass is 15.3. The normalized spacial score (nSPS) is 17.5. The number of rotatable bonds is 2. The molecule has 0 unspecified atom stereocenters. The highest BCUT2D eigenvalue weighted by Gasteiger charge is 2.24. The third-order valence-electron chi connectivity index (χ3n) is 2.03. The van der Waals surface area contributed by atoms with E-state index in [0.717, 1.165) is 5.82 Å². The van der Waals surface area contributed by atoms with E-state index in [9.17, 15) is 0 Å². The highest BCUT2D eigenvalue weighted by Crippen LogP contribution is 2.34. The molecule has 1 aliphatic rings. The molecule has 0 spiro atoms. The fourth-order valence-electron chi connectivity index (χ4n) is 1.33.